The van der Waals surface area contributed by atoms with Crippen molar-refractivity contribution < 1.29 is 4.74 Å². The van der Waals surface area contributed by atoms with Crippen LogP contribution in [0.3, 0.4) is 0 Å². The van der Waals surface area contributed by atoms with Crippen LogP contribution in [0.2, 0.25) is 0 Å². The fourth-order valence-corrected chi connectivity index (χ4v) is 2.43. The summed E-state index contributed by atoms with van der Waals surface area (Å²) in [5.74, 6) is 1.68. The molecule has 0 amide bonds. The van der Waals surface area contributed by atoms with E-state index < -0.39 is 0 Å². The molecule has 0 spiro atoms. The molecule has 2 heterocycles. The van der Waals surface area contributed by atoms with E-state index in [9.17, 15) is 0 Å². The number of nitrogens with zero attached hydrogens (tertiary/aromatic N) is 3. The monoisotopic (exact) mass is 250 g/mol. The fraction of sp³-hybridized carbons (Fsp3) is 0.692. The number of rotatable bonds is 3. The molecule has 1 aliphatic heterocycles. The van der Waals surface area contributed by atoms with Gasteiger partial charge in [-0.2, -0.15) is 4.98 Å². The molecule has 0 aromatic carbocycles. The first kappa shape index (κ1) is 13.1. The zero-order valence-corrected chi connectivity index (χ0v) is 11.7. The minimum Gasteiger partial charge on any atom is -0.377 e. The van der Waals surface area contributed by atoms with Gasteiger partial charge in [0.15, 0.2) is 0 Å². The van der Waals surface area contributed by atoms with Crippen molar-refractivity contribution in [3.05, 3.63) is 11.8 Å². The number of hydrogen-bond donors (Lipinski definition) is 1. The van der Waals surface area contributed by atoms with Crippen molar-refractivity contribution in [2.24, 2.45) is 0 Å². The van der Waals surface area contributed by atoms with Crippen LogP contribution in [0.4, 0.5) is 11.8 Å². The lowest BCUT2D eigenvalue weighted by Gasteiger charge is -2.40. The molecule has 1 saturated heterocycles. The third-order valence-electron chi connectivity index (χ3n) is 3.62. The van der Waals surface area contributed by atoms with E-state index >= 15 is 0 Å². The van der Waals surface area contributed by atoms with Crippen LogP contribution < -0.4 is 10.2 Å². The molecule has 5 heteroatoms. The lowest BCUT2D eigenvalue weighted by Crippen LogP contribution is -2.48. The average molecular weight is 250 g/mol. The van der Waals surface area contributed by atoms with Crippen LogP contribution in [-0.2, 0) is 4.74 Å². The molecule has 1 fully saturated rings. The van der Waals surface area contributed by atoms with Gasteiger partial charge in [-0.3, -0.25) is 0 Å². The van der Waals surface area contributed by atoms with Gasteiger partial charge in [-0.25, -0.2) is 4.98 Å². The number of anilines is 2. The summed E-state index contributed by atoms with van der Waals surface area (Å²) in [6.45, 7) is 6.12. The molecule has 1 aliphatic rings. The fourth-order valence-electron chi connectivity index (χ4n) is 2.43. The topological polar surface area (TPSA) is 50.3 Å². The van der Waals surface area contributed by atoms with E-state index in [2.05, 4.69) is 27.1 Å². The van der Waals surface area contributed by atoms with Gasteiger partial charge in [-0.15, -0.1) is 0 Å². The van der Waals surface area contributed by atoms with Crippen LogP contribution in [0.15, 0.2) is 6.20 Å². The second-order valence-corrected chi connectivity index (χ2v) is 5.13. The van der Waals surface area contributed by atoms with Crippen LogP contribution in [0, 0.1) is 6.92 Å². The third kappa shape index (κ3) is 2.56. The van der Waals surface area contributed by atoms with Gasteiger partial charge >= 0.3 is 0 Å². The van der Waals surface area contributed by atoms with Gasteiger partial charge in [0.2, 0.25) is 5.95 Å². The zero-order valence-electron chi connectivity index (χ0n) is 11.7. The molecule has 1 aromatic rings. The molecule has 0 bridgehead atoms. The number of hydrogen-bond acceptors (Lipinski definition) is 5. The Labute approximate surface area is 109 Å². The molecule has 0 radical (unpaired) electrons. The SMILES string of the molecule is CNc1ncc(C)c(N2CCCC(C)(OC)C2)n1. The van der Waals surface area contributed by atoms with Crippen molar-refractivity contribution in [3.63, 3.8) is 0 Å². The Morgan fingerprint density at radius 1 is 1.50 bits per heavy atom. The number of methoxy groups -OCH3 is 1. The first-order valence-electron chi connectivity index (χ1n) is 6.39. The summed E-state index contributed by atoms with van der Waals surface area (Å²) in [6.07, 6.45) is 4.10. The largest absolute Gasteiger partial charge is 0.377 e. The van der Waals surface area contributed by atoms with Gasteiger partial charge in [0.1, 0.15) is 5.82 Å². The summed E-state index contributed by atoms with van der Waals surface area (Å²) in [5.41, 5.74) is 1.03. The van der Waals surface area contributed by atoms with Crippen molar-refractivity contribution in [1.29, 1.82) is 0 Å². The van der Waals surface area contributed by atoms with Gasteiger partial charge in [0.05, 0.1) is 5.60 Å². The molecular weight excluding hydrogens is 228 g/mol. The highest BCUT2D eigenvalue weighted by molar-refractivity contribution is 5.49. The zero-order chi connectivity index (χ0) is 13.2. The standard InChI is InChI=1S/C13H22N4O/c1-10-8-15-12(14-3)16-11(10)17-7-5-6-13(2,9-17)18-4/h8H,5-7,9H2,1-4H3,(H,14,15,16). The summed E-state index contributed by atoms with van der Waals surface area (Å²) >= 11 is 0. The Hall–Kier alpha value is -1.36. The highest BCUT2D eigenvalue weighted by Crippen LogP contribution is 2.28. The summed E-state index contributed by atoms with van der Waals surface area (Å²) in [4.78, 5) is 11.1. The minimum absolute atomic E-state index is 0.0740. The number of aryl methyl sites for hydroxylation is 1. The predicted octanol–water partition coefficient (Wildman–Crippen LogP) is 1.83. The van der Waals surface area contributed by atoms with Crippen molar-refractivity contribution >= 4 is 11.8 Å². The van der Waals surface area contributed by atoms with Crippen molar-refractivity contribution in [3.8, 4) is 0 Å². The smallest absolute Gasteiger partial charge is 0.224 e. The molecule has 0 aliphatic carbocycles. The molecule has 0 saturated carbocycles. The minimum atomic E-state index is -0.0740. The highest BCUT2D eigenvalue weighted by Gasteiger charge is 2.32. The van der Waals surface area contributed by atoms with Gasteiger partial charge in [0.25, 0.3) is 0 Å². The van der Waals surface area contributed by atoms with Crippen molar-refractivity contribution in [1.82, 2.24) is 9.97 Å². The van der Waals surface area contributed by atoms with Gasteiger partial charge in [-0.05, 0) is 26.7 Å². The second kappa shape index (κ2) is 5.10. The summed E-state index contributed by atoms with van der Waals surface area (Å²) in [6, 6.07) is 0. The summed E-state index contributed by atoms with van der Waals surface area (Å²) < 4.78 is 5.63. The molecular formula is C13H22N4O. The molecule has 1 unspecified atom stereocenters. The molecule has 1 N–H and O–H groups in total. The Morgan fingerprint density at radius 3 is 2.94 bits per heavy atom. The van der Waals surface area contributed by atoms with Crippen LogP contribution in [0.5, 0.6) is 0 Å². The maximum absolute atomic E-state index is 5.63. The predicted molar refractivity (Wildman–Crippen MR) is 73.2 cm³/mol. The maximum Gasteiger partial charge on any atom is 0.224 e. The van der Waals surface area contributed by atoms with E-state index in [-0.39, 0.29) is 5.60 Å². The van der Waals surface area contributed by atoms with E-state index in [0.717, 1.165) is 37.3 Å². The summed E-state index contributed by atoms with van der Waals surface area (Å²) in [7, 11) is 3.62. The first-order valence-corrected chi connectivity index (χ1v) is 6.39. The van der Waals surface area contributed by atoms with Gasteiger partial charge in [0, 0.05) is 39.0 Å². The van der Waals surface area contributed by atoms with Crippen LogP contribution in [0.1, 0.15) is 25.3 Å². The lowest BCUT2D eigenvalue weighted by molar-refractivity contribution is -0.00483. The van der Waals surface area contributed by atoms with E-state index in [4.69, 9.17) is 4.74 Å². The lowest BCUT2D eigenvalue weighted by atomic mass is 9.94. The van der Waals surface area contributed by atoms with Crippen LogP contribution in [0.25, 0.3) is 0 Å². The third-order valence-corrected chi connectivity index (χ3v) is 3.62. The van der Waals surface area contributed by atoms with Gasteiger partial charge < -0.3 is 15.0 Å². The van der Waals surface area contributed by atoms with Crippen LogP contribution in [-0.4, -0.2) is 42.8 Å². The molecule has 5 nitrogen and oxygen atoms in total. The Morgan fingerprint density at radius 2 is 2.28 bits per heavy atom. The van der Waals surface area contributed by atoms with E-state index in [1.807, 2.05) is 20.2 Å². The molecule has 2 rings (SSSR count). The molecule has 1 aromatic heterocycles. The van der Waals surface area contributed by atoms with E-state index in [0.29, 0.717) is 5.95 Å². The maximum atomic E-state index is 5.63. The Bertz CT molecular complexity index is 423. The molecule has 18 heavy (non-hydrogen) atoms. The first-order chi connectivity index (χ1) is 8.58. The van der Waals surface area contributed by atoms with Crippen molar-refractivity contribution in [2.75, 3.05) is 37.5 Å². The number of piperidine rings is 1. The highest BCUT2D eigenvalue weighted by atomic mass is 16.5. The number of ether oxygens (including phenoxy) is 1. The van der Waals surface area contributed by atoms with Crippen molar-refractivity contribution in [2.45, 2.75) is 32.3 Å². The van der Waals surface area contributed by atoms with Gasteiger partial charge in [-0.1, -0.05) is 0 Å². The summed E-state index contributed by atoms with van der Waals surface area (Å²) in [5, 5.41) is 2.99. The Kier molecular flexibility index (Phi) is 3.71. The molecule has 100 valence electrons. The average Bonchev–Trinajstić information content (AvgIpc) is 2.39. The molecule has 1 atom stereocenters. The van der Waals surface area contributed by atoms with Crippen LogP contribution >= 0.6 is 0 Å². The normalized spacial score (nSPS) is 24.1. The quantitative estimate of drug-likeness (QED) is 0.887. The van der Waals surface area contributed by atoms with E-state index in [1.165, 1.54) is 0 Å². The second-order valence-electron chi connectivity index (χ2n) is 5.13. The van der Waals surface area contributed by atoms with E-state index in [1.54, 1.807) is 7.11 Å². The number of nitrogens with one attached hydrogen (secondary N) is 1. The number of aromatic nitrogens is 2. The Balaban J connectivity index is 2.25.